The summed E-state index contributed by atoms with van der Waals surface area (Å²) in [5.74, 6) is 0. The SMILES string of the molecule is Cc1ccc(N2CCN(c3ccc(Nc4ccnc5cc(Cl)ccc45)cc3)CC2)cc1Cl. The number of fused-ring (bicyclic) bond motifs is 1. The summed E-state index contributed by atoms with van der Waals surface area (Å²) in [6.07, 6.45) is 1.80. The van der Waals surface area contributed by atoms with Gasteiger partial charge in [-0.25, -0.2) is 0 Å². The molecular weight excluding hydrogens is 439 g/mol. The predicted octanol–water partition coefficient (Wildman–Crippen LogP) is 6.92. The van der Waals surface area contributed by atoms with Crippen molar-refractivity contribution in [2.45, 2.75) is 6.92 Å². The zero-order valence-electron chi connectivity index (χ0n) is 17.9. The first-order valence-electron chi connectivity index (χ1n) is 10.7. The molecule has 0 spiro atoms. The van der Waals surface area contributed by atoms with Crippen LogP contribution in [0.4, 0.5) is 22.7 Å². The van der Waals surface area contributed by atoms with Crippen LogP contribution in [0.2, 0.25) is 10.0 Å². The van der Waals surface area contributed by atoms with Crippen LogP contribution in [0.15, 0.2) is 72.9 Å². The van der Waals surface area contributed by atoms with Crippen molar-refractivity contribution >= 4 is 56.9 Å². The van der Waals surface area contributed by atoms with Crippen LogP contribution >= 0.6 is 23.2 Å². The Hall–Kier alpha value is -2.95. The third-order valence-corrected chi connectivity index (χ3v) is 6.66. The summed E-state index contributed by atoms with van der Waals surface area (Å²) < 4.78 is 0. The molecule has 1 aliphatic rings. The van der Waals surface area contributed by atoms with Crippen molar-refractivity contribution in [3.63, 3.8) is 0 Å². The first kappa shape index (κ1) is 20.9. The van der Waals surface area contributed by atoms with E-state index in [4.69, 9.17) is 23.2 Å². The van der Waals surface area contributed by atoms with Crippen LogP contribution < -0.4 is 15.1 Å². The number of aryl methyl sites for hydroxylation is 1. The Kier molecular flexibility index (Phi) is 5.81. The fourth-order valence-corrected chi connectivity index (χ4v) is 4.48. The molecule has 0 atom stereocenters. The highest BCUT2D eigenvalue weighted by Crippen LogP contribution is 2.29. The van der Waals surface area contributed by atoms with E-state index in [0.717, 1.165) is 59.0 Å². The number of halogens is 2. The van der Waals surface area contributed by atoms with Crippen molar-refractivity contribution in [1.29, 1.82) is 0 Å². The fraction of sp³-hybridized carbons (Fsp3) is 0.192. The molecule has 0 radical (unpaired) electrons. The zero-order valence-corrected chi connectivity index (χ0v) is 19.4. The maximum absolute atomic E-state index is 6.32. The second-order valence-corrected chi connectivity index (χ2v) is 8.94. The third kappa shape index (κ3) is 4.34. The number of hydrogen-bond donors (Lipinski definition) is 1. The molecule has 6 heteroatoms. The number of aromatic nitrogens is 1. The first-order valence-corrected chi connectivity index (χ1v) is 11.5. The molecule has 0 unspecified atom stereocenters. The molecular formula is C26H24Cl2N4. The maximum atomic E-state index is 6.32. The molecule has 1 aliphatic heterocycles. The first-order chi connectivity index (χ1) is 15.6. The Labute approximate surface area is 198 Å². The predicted molar refractivity (Wildman–Crippen MR) is 137 cm³/mol. The van der Waals surface area contributed by atoms with Gasteiger partial charge in [0.1, 0.15) is 0 Å². The zero-order chi connectivity index (χ0) is 22.1. The lowest BCUT2D eigenvalue weighted by molar-refractivity contribution is 0.653. The molecule has 0 aliphatic carbocycles. The molecule has 3 aromatic carbocycles. The molecule has 162 valence electrons. The number of benzene rings is 3. The molecule has 1 N–H and O–H groups in total. The number of anilines is 4. The Morgan fingerprint density at radius 3 is 2.19 bits per heavy atom. The Morgan fingerprint density at radius 1 is 0.781 bits per heavy atom. The van der Waals surface area contributed by atoms with E-state index in [1.54, 1.807) is 6.20 Å². The van der Waals surface area contributed by atoms with Crippen LogP contribution in [-0.4, -0.2) is 31.2 Å². The van der Waals surface area contributed by atoms with Gasteiger partial charge in [0.2, 0.25) is 0 Å². The number of nitrogens with zero attached hydrogens (tertiary/aromatic N) is 3. The average molecular weight is 463 g/mol. The maximum Gasteiger partial charge on any atom is 0.0737 e. The molecule has 5 rings (SSSR count). The lowest BCUT2D eigenvalue weighted by Gasteiger charge is -2.37. The topological polar surface area (TPSA) is 31.4 Å². The highest BCUT2D eigenvalue weighted by atomic mass is 35.5. The number of rotatable bonds is 4. The van der Waals surface area contributed by atoms with E-state index in [9.17, 15) is 0 Å². The second kappa shape index (κ2) is 8.89. The van der Waals surface area contributed by atoms with Crippen molar-refractivity contribution < 1.29 is 0 Å². The number of pyridine rings is 1. The minimum Gasteiger partial charge on any atom is -0.368 e. The molecule has 2 heterocycles. The summed E-state index contributed by atoms with van der Waals surface area (Å²) in [6.45, 7) is 5.95. The van der Waals surface area contributed by atoms with Gasteiger partial charge < -0.3 is 15.1 Å². The van der Waals surface area contributed by atoms with Crippen LogP contribution in [0.25, 0.3) is 10.9 Å². The van der Waals surface area contributed by atoms with Gasteiger partial charge in [-0.3, -0.25) is 4.98 Å². The highest BCUT2D eigenvalue weighted by molar-refractivity contribution is 6.31. The summed E-state index contributed by atoms with van der Waals surface area (Å²) in [4.78, 5) is 9.25. The monoisotopic (exact) mass is 462 g/mol. The van der Waals surface area contributed by atoms with Crippen molar-refractivity contribution in [3.8, 4) is 0 Å². The molecule has 32 heavy (non-hydrogen) atoms. The van der Waals surface area contributed by atoms with E-state index < -0.39 is 0 Å². The molecule has 1 fully saturated rings. The molecule has 4 aromatic rings. The van der Waals surface area contributed by atoms with Crippen molar-refractivity contribution in [3.05, 3.63) is 88.5 Å². The summed E-state index contributed by atoms with van der Waals surface area (Å²) in [5.41, 5.74) is 6.50. The van der Waals surface area contributed by atoms with Crippen LogP contribution in [0, 0.1) is 6.92 Å². The minimum atomic E-state index is 0.692. The Bertz CT molecular complexity index is 1250. The molecule has 1 aromatic heterocycles. The average Bonchev–Trinajstić information content (AvgIpc) is 2.81. The summed E-state index contributed by atoms with van der Waals surface area (Å²) >= 11 is 12.4. The normalized spacial score (nSPS) is 14.1. The lowest BCUT2D eigenvalue weighted by Crippen LogP contribution is -2.46. The third-order valence-electron chi connectivity index (χ3n) is 6.02. The Balaban J connectivity index is 1.25. The van der Waals surface area contributed by atoms with Gasteiger partial charge in [-0.05, 0) is 73.2 Å². The number of nitrogens with one attached hydrogen (secondary N) is 1. The van der Waals surface area contributed by atoms with Crippen LogP contribution in [0.5, 0.6) is 0 Å². The standard InChI is InChI=1S/C26H24Cl2N4/c1-18-2-6-22(17-24(18)28)32-14-12-31(13-15-32)21-7-4-20(5-8-21)30-25-10-11-29-26-16-19(27)3-9-23(25)26/h2-11,16-17H,12-15H2,1H3,(H,29,30). The summed E-state index contributed by atoms with van der Waals surface area (Å²) in [5, 5.41) is 6.09. The van der Waals surface area contributed by atoms with E-state index in [1.165, 1.54) is 11.4 Å². The molecule has 1 saturated heterocycles. The van der Waals surface area contributed by atoms with Crippen molar-refractivity contribution in [1.82, 2.24) is 4.98 Å². The molecule has 0 amide bonds. The summed E-state index contributed by atoms with van der Waals surface area (Å²) in [6, 6.07) is 22.7. The van der Waals surface area contributed by atoms with Gasteiger partial charge in [-0.2, -0.15) is 0 Å². The highest BCUT2D eigenvalue weighted by Gasteiger charge is 2.18. The summed E-state index contributed by atoms with van der Waals surface area (Å²) in [7, 11) is 0. The smallest absolute Gasteiger partial charge is 0.0737 e. The largest absolute Gasteiger partial charge is 0.368 e. The molecule has 0 saturated carbocycles. The van der Waals surface area contributed by atoms with Gasteiger partial charge in [0.05, 0.1) is 5.52 Å². The van der Waals surface area contributed by atoms with Gasteiger partial charge in [0, 0.05) is 70.6 Å². The number of hydrogen-bond acceptors (Lipinski definition) is 4. The van der Waals surface area contributed by atoms with Gasteiger partial charge in [0.15, 0.2) is 0 Å². The van der Waals surface area contributed by atoms with Gasteiger partial charge in [-0.1, -0.05) is 29.3 Å². The minimum absolute atomic E-state index is 0.692. The molecule has 0 bridgehead atoms. The van der Waals surface area contributed by atoms with E-state index in [1.807, 2.05) is 31.2 Å². The van der Waals surface area contributed by atoms with Crippen molar-refractivity contribution in [2.24, 2.45) is 0 Å². The fourth-order valence-electron chi connectivity index (χ4n) is 4.14. The van der Waals surface area contributed by atoms with E-state index in [2.05, 4.69) is 62.6 Å². The van der Waals surface area contributed by atoms with Crippen LogP contribution in [0.1, 0.15) is 5.56 Å². The van der Waals surface area contributed by atoms with Crippen LogP contribution in [-0.2, 0) is 0 Å². The lowest BCUT2D eigenvalue weighted by atomic mass is 10.1. The second-order valence-electron chi connectivity index (χ2n) is 8.10. The quantitative estimate of drug-likeness (QED) is 0.356. The van der Waals surface area contributed by atoms with E-state index >= 15 is 0 Å². The van der Waals surface area contributed by atoms with Gasteiger partial charge in [0.25, 0.3) is 0 Å². The van der Waals surface area contributed by atoms with Crippen molar-refractivity contribution in [2.75, 3.05) is 41.3 Å². The van der Waals surface area contributed by atoms with Gasteiger partial charge in [-0.15, -0.1) is 0 Å². The van der Waals surface area contributed by atoms with Crippen LogP contribution in [0.3, 0.4) is 0 Å². The molecule has 4 nitrogen and oxygen atoms in total. The number of piperazine rings is 1. The van der Waals surface area contributed by atoms with E-state index in [-0.39, 0.29) is 0 Å². The van der Waals surface area contributed by atoms with E-state index in [0.29, 0.717) is 5.02 Å². The Morgan fingerprint density at radius 2 is 1.47 bits per heavy atom. The van der Waals surface area contributed by atoms with Gasteiger partial charge >= 0.3 is 0 Å².